The first-order valence-corrected chi connectivity index (χ1v) is 11.7. The number of ether oxygens (including phenoxy) is 1. The lowest BCUT2D eigenvalue weighted by Crippen LogP contribution is -2.34. The van der Waals surface area contributed by atoms with Crippen LogP contribution in [-0.4, -0.2) is 40.5 Å². The third-order valence-electron chi connectivity index (χ3n) is 6.84. The van der Waals surface area contributed by atoms with E-state index in [1.807, 2.05) is 0 Å². The predicted octanol–water partition coefficient (Wildman–Crippen LogP) is 3.85. The van der Waals surface area contributed by atoms with Crippen molar-refractivity contribution >= 4 is 5.91 Å². The summed E-state index contributed by atoms with van der Waals surface area (Å²) in [4.78, 5) is 16.3. The van der Waals surface area contributed by atoms with E-state index in [0.717, 1.165) is 44.4 Å². The summed E-state index contributed by atoms with van der Waals surface area (Å²) in [6, 6.07) is 0.449. The van der Waals surface area contributed by atoms with E-state index in [0.29, 0.717) is 30.4 Å². The molecule has 8 nitrogen and oxygen atoms in total. The van der Waals surface area contributed by atoms with Crippen molar-refractivity contribution in [3.05, 3.63) is 11.7 Å². The zero-order valence-corrected chi connectivity index (χ0v) is 18.3. The summed E-state index contributed by atoms with van der Waals surface area (Å²) in [5, 5.41) is 16.6. The second-order valence-electron chi connectivity index (χ2n) is 9.01. The van der Waals surface area contributed by atoms with Crippen LogP contribution in [0, 0.1) is 5.92 Å². The minimum Gasteiger partial charge on any atom is -0.381 e. The monoisotopic (exact) mass is 422 g/mol. The third kappa shape index (κ3) is 7.32. The Balaban J connectivity index is 1.48. The van der Waals surface area contributed by atoms with E-state index in [4.69, 9.17) is 14.5 Å². The highest BCUT2D eigenvalue weighted by atomic mass is 16.5. The van der Waals surface area contributed by atoms with Crippen molar-refractivity contribution in [3.63, 3.8) is 0 Å². The standard InChI is InChI=1S/C22H38N4O4/c1-29-19-12-10-18(11-13-19)23-15-20-24-22(30-26-20)17(14-21(27)25-28)9-5-8-16-6-3-2-4-7-16/h16-19,23,28H,2-15H2,1H3,(H,25,27)/t17-,18-,19-/m1/s1. The van der Waals surface area contributed by atoms with Crippen molar-refractivity contribution in [2.45, 2.75) is 108 Å². The molecule has 1 amide bonds. The topological polar surface area (TPSA) is 110 Å². The Morgan fingerprint density at radius 2 is 1.97 bits per heavy atom. The fourth-order valence-electron chi connectivity index (χ4n) is 4.95. The van der Waals surface area contributed by atoms with Gasteiger partial charge in [0.05, 0.1) is 12.6 Å². The Bertz CT molecular complexity index is 624. The molecule has 170 valence electrons. The molecule has 2 aliphatic rings. The largest absolute Gasteiger partial charge is 0.381 e. The first kappa shape index (κ1) is 23.2. The van der Waals surface area contributed by atoms with Crippen molar-refractivity contribution in [2.75, 3.05) is 7.11 Å². The van der Waals surface area contributed by atoms with Gasteiger partial charge in [0, 0.05) is 25.5 Å². The van der Waals surface area contributed by atoms with E-state index < -0.39 is 5.91 Å². The molecule has 0 aliphatic heterocycles. The van der Waals surface area contributed by atoms with Gasteiger partial charge >= 0.3 is 0 Å². The number of hydrogen-bond donors (Lipinski definition) is 3. The first-order chi connectivity index (χ1) is 14.7. The quantitative estimate of drug-likeness (QED) is 0.367. The molecule has 2 fully saturated rings. The van der Waals surface area contributed by atoms with Gasteiger partial charge < -0.3 is 14.6 Å². The van der Waals surface area contributed by atoms with Crippen LogP contribution < -0.4 is 10.8 Å². The molecule has 3 rings (SSSR count). The van der Waals surface area contributed by atoms with Crippen molar-refractivity contribution in [1.29, 1.82) is 0 Å². The average molecular weight is 423 g/mol. The Labute approximate surface area is 179 Å². The van der Waals surface area contributed by atoms with Crippen molar-refractivity contribution < 1.29 is 19.3 Å². The summed E-state index contributed by atoms with van der Waals surface area (Å²) in [6.07, 6.45) is 14.6. The van der Waals surface area contributed by atoms with Crippen LogP contribution in [0.5, 0.6) is 0 Å². The zero-order valence-electron chi connectivity index (χ0n) is 18.3. The maximum atomic E-state index is 11.8. The molecule has 1 aromatic rings. The molecule has 1 atom stereocenters. The Morgan fingerprint density at radius 3 is 2.67 bits per heavy atom. The van der Waals surface area contributed by atoms with Gasteiger partial charge in [-0.15, -0.1) is 0 Å². The van der Waals surface area contributed by atoms with Crippen LogP contribution in [0.4, 0.5) is 0 Å². The predicted molar refractivity (Wildman–Crippen MR) is 112 cm³/mol. The number of carbonyl (C=O) groups excluding carboxylic acids is 1. The van der Waals surface area contributed by atoms with Crippen LogP contribution in [0.2, 0.25) is 0 Å². The van der Waals surface area contributed by atoms with Crippen LogP contribution in [0.25, 0.3) is 0 Å². The van der Waals surface area contributed by atoms with Crippen molar-refractivity contribution in [1.82, 2.24) is 20.9 Å². The maximum Gasteiger partial charge on any atom is 0.244 e. The van der Waals surface area contributed by atoms with Gasteiger partial charge in [0.2, 0.25) is 11.8 Å². The van der Waals surface area contributed by atoms with Gasteiger partial charge in [0.25, 0.3) is 0 Å². The highest BCUT2D eigenvalue weighted by Gasteiger charge is 2.24. The molecule has 0 bridgehead atoms. The van der Waals surface area contributed by atoms with Crippen LogP contribution in [0.1, 0.15) is 101 Å². The van der Waals surface area contributed by atoms with Crippen LogP contribution >= 0.6 is 0 Å². The maximum absolute atomic E-state index is 11.8. The Morgan fingerprint density at radius 1 is 1.20 bits per heavy atom. The molecule has 0 aromatic carbocycles. The number of aromatic nitrogens is 2. The molecule has 3 N–H and O–H groups in total. The van der Waals surface area contributed by atoms with E-state index in [1.165, 1.54) is 38.5 Å². The summed E-state index contributed by atoms with van der Waals surface area (Å²) in [6.45, 7) is 0.562. The number of carbonyl (C=O) groups is 1. The van der Waals surface area contributed by atoms with E-state index in [9.17, 15) is 4.79 Å². The number of amides is 1. The van der Waals surface area contributed by atoms with Gasteiger partial charge in [0.15, 0.2) is 5.82 Å². The molecule has 2 saturated carbocycles. The normalized spacial score (nSPS) is 23.9. The van der Waals surface area contributed by atoms with Crippen molar-refractivity contribution in [3.8, 4) is 0 Å². The van der Waals surface area contributed by atoms with Crippen LogP contribution in [0.15, 0.2) is 4.52 Å². The van der Waals surface area contributed by atoms with Gasteiger partial charge in [0.1, 0.15) is 0 Å². The highest BCUT2D eigenvalue weighted by Crippen LogP contribution is 2.31. The van der Waals surface area contributed by atoms with Crippen molar-refractivity contribution in [2.24, 2.45) is 5.92 Å². The lowest BCUT2D eigenvalue weighted by atomic mass is 9.84. The SMILES string of the molecule is CO[C@H]1CC[C@H](NCc2noc([C@H](CCCC3CCCCC3)CC(=O)NO)n2)CC1. The molecule has 0 radical (unpaired) electrons. The highest BCUT2D eigenvalue weighted by molar-refractivity contribution is 5.75. The number of nitrogens with zero attached hydrogens (tertiary/aromatic N) is 2. The first-order valence-electron chi connectivity index (χ1n) is 11.7. The van der Waals surface area contributed by atoms with E-state index in [-0.39, 0.29) is 12.3 Å². The van der Waals surface area contributed by atoms with Gasteiger partial charge in [-0.2, -0.15) is 4.98 Å². The molecule has 0 unspecified atom stereocenters. The molecule has 8 heteroatoms. The van der Waals surface area contributed by atoms with E-state index in [1.54, 1.807) is 12.6 Å². The number of hydroxylamine groups is 1. The molecular weight excluding hydrogens is 384 g/mol. The fraction of sp³-hybridized carbons (Fsp3) is 0.864. The van der Waals surface area contributed by atoms with Gasteiger partial charge in [-0.1, -0.05) is 50.1 Å². The lowest BCUT2D eigenvalue weighted by Gasteiger charge is -2.27. The van der Waals surface area contributed by atoms with Gasteiger partial charge in [-0.05, 0) is 38.0 Å². The molecule has 2 aliphatic carbocycles. The molecule has 0 spiro atoms. The van der Waals surface area contributed by atoms with Gasteiger partial charge in [-0.25, -0.2) is 5.48 Å². The Kier molecular flexibility index (Phi) is 9.55. The van der Waals surface area contributed by atoms with E-state index >= 15 is 0 Å². The summed E-state index contributed by atoms with van der Waals surface area (Å²) >= 11 is 0. The summed E-state index contributed by atoms with van der Waals surface area (Å²) in [5.74, 6) is 1.37. The smallest absolute Gasteiger partial charge is 0.244 e. The van der Waals surface area contributed by atoms with Crippen LogP contribution in [0.3, 0.4) is 0 Å². The molecule has 1 aromatic heterocycles. The lowest BCUT2D eigenvalue weighted by molar-refractivity contribution is -0.129. The molecular formula is C22H38N4O4. The number of hydrogen-bond acceptors (Lipinski definition) is 7. The summed E-state index contributed by atoms with van der Waals surface area (Å²) < 4.78 is 10.9. The number of methoxy groups -OCH3 is 1. The minimum absolute atomic E-state index is 0.154. The Hall–Kier alpha value is -1.51. The number of rotatable bonds is 11. The molecule has 0 saturated heterocycles. The second kappa shape index (κ2) is 12.4. The van der Waals surface area contributed by atoms with Crippen LogP contribution in [-0.2, 0) is 16.1 Å². The zero-order chi connectivity index (χ0) is 21.2. The summed E-state index contributed by atoms with van der Waals surface area (Å²) in [5.41, 5.74) is 1.74. The van der Waals surface area contributed by atoms with E-state index in [2.05, 4.69) is 15.5 Å². The molecule has 1 heterocycles. The summed E-state index contributed by atoms with van der Waals surface area (Å²) in [7, 11) is 1.78. The fourth-order valence-corrected chi connectivity index (χ4v) is 4.95. The molecule has 30 heavy (non-hydrogen) atoms. The number of nitrogens with one attached hydrogen (secondary N) is 2. The minimum atomic E-state index is -0.412. The van der Waals surface area contributed by atoms with Gasteiger partial charge in [-0.3, -0.25) is 10.0 Å². The average Bonchev–Trinajstić information content (AvgIpc) is 3.27. The second-order valence-corrected chi connectivity index (χ2v) is 9.01. The third-order valence-corrected chi connectivity index (χ3v) is 6.84.